The van der Waals surface area contributed by atoms with Gasteiger partial charge in [0, 0.05) is 6.20 Å². The molecule has 0 aliphatic heterocycles. The van der Waals surface area contributed by atoms with Gasteiger partial charge in [0.05, 0.1) is 7.11 Å². The van der Waals surface area contributed by atoms with E-state index in [1.165, 1.54) is 7.11 Å². The molecule has 0 heterocycles. The summed E-state index contributed by atoms with van der Waals surface area (Å²) in [4.78, 5) is 0. The van der Waals surface area contributed by atoms with E-state index in [0.29, 0.717) is 0 Å². The van der Waals surface area contributed by atoms with Crippen LogP contribution in [0.15, 0.2) is 23.9 Å². The number of anilines is 1. The molecule has 6 heteroatoms. The van der Waals surface area contributed by atoms with Crippen molar-refractivity contribution in [3.8, 4) is 17.9 Å². The smallest absolute Gasteiger partial charge is 0.191 e. The Morgan fingerprint density at radius 3 is 2.53 bits per heavy atom. The minimum absolute atomic E-state index is 0.141. The van der Waals surface area contributed by atoms with Gasteiger partial charge in [-0.1, -0.05) is 0 Å². The normalized spacial score (nSPS) is 8.76. The molecule has 0 fully saturated rings. The molecular formula is C11H7F2N3O. The average Bonchev–Trinajstić information content (AvgIpc) is 2.34. The fourth-order valence-electron chi connectivity index (χ4n) is 1.06. The highest BCUT2D eigenvalue weighted by Crippen LogP contribution is 2.27. The lowest BCUT2D eigenvalue weighted by Crippen LogP contribution is -1.99. The van der Waals surface area contributed by atoms with Crippen molar-refractivity contribution in [1.29, 1.82) is 10.5 Å². The molecule has 1 aromatic carbocycles. The zero-order chi connectivity index (χ0) is 12.8. The van der Waals surface area contributed by atoms with Crippen LogP contribution in [0.2, 0.25) is 0 Å². The van der Waals surface area contributed by atoms with Crippen LogP contribution in [0.4, 0.5) is 14.5 Å². The summed E-state index contributed by atoms with van der Waals surface area (Å²) >= 11 is 0. The number of hydrogen-bond donors (Lipinski definition) is 1. The number of methoxy groups -OCH3 is 1. The zero-order valence-corrected chi connectivity index (χ0v) is 8.79. The van der Waals surface area contributed by atoms with E-state index in [1.54, 1.807) is 12.1 Å². The van der Waals surface area contributed by atoms with Gasteiger partial charge in [0.25, 0.3) is 0 Å². The van der Waals surface area contributed by atoms with Gasteiger partial charge in [-0.15, -0.1) is 0 Å². The number of benzene rings is 1. The zero-order valence-electron chi connectivity index (χ0n) is 8.79. The quantitative estimate of drug-likeness (QED) is 0.816. The summed E-state index contributed by atoms with van der Waals surface area (Å²) in [5.74, 6) is -1.92. The van der Waals surface area contributed by atoms with Crippen LogP contribution in [0.25, 0.3) is 0 Å². The molecule has 0 radical (unpaired) electrons. The third-order valence-corrected chi connectivity index (χ3v) is 1.88. The molecule has 0 saturated carbocycles. The summed E-state index contributed by atoms with van der Waals surface area (Å²) in [6.45, 7) is 0. The van der Waals surface area contributed by atoms with Crippen molar-refractivity contribution in [2.75, 3.05) is 12.4 Å². The maximum Gasteiger partial charge on any atom is 0.191 e. The molecule has 0 bridgehead atoms. The van der Waals surface area contributed by atoms with Crippen LogP contribution in [-0.2, 0) is 0 Å². The Bertz CT molecular complexity index is 525. The van der Waals surface area contributed by atoms with Gasteiger partial charge in [-0.05, 0) is 12.1 Å². The number of rotatable bonds is 3. The third-order valence-electron chi connectivity index (χ3n) is 1.88. The number of nitrogens with one attached hydrogen (secondary N) is 1. The first-order valence-corrected chi connectivity index (χ1v) is 4.43. The van der Waals surface area contributed by atoms with Crippen LogP contribution in [-0.4, -0.2) is 7.11 Å². The van der Waals surface area contributed by atoms with Crippen molar-refractivity contribution in [1.82, 2.24) is 0 Å². The van der Waals surface area contributed by atoms with Gasteiger partial charge in [-0.2, -0.15) is 10.5 Å². The maximum atomic E-state index is 13.6. The van der Waals surface area contributed by atoms with Crippen molar-refractivity contribution < 1.29 is 13.5 Å². The fraction of sp³-hybridized carbons (Fsp3) is 0.0909. The van der Waals surface area contributed by atoms with Crippen molar-refractivity contribution in [3.05, 3.63) is 35.5 Å². The second kappa shape index (κ2) is 5.47. The number of halogens is 2. The summed E-state index contributed by atoms with van der Waals surface area (Å²) in [6.07, 6.45) is 0.918. The van der Waals surface area contributed by atoms with Gasteiger partial charge in [0.2, 0.25) is 0 Å². The van der Waals surface area contributed by atoms with E-state index in [0.717, 1.165) is 18.3 Å². The number of nitriles is 2. The van der Waals surface area contributed by atoms with E-state index in [9.17, 15) is 8.78 Å². The minimum Gasteiger partial charge on any atom is -0.494 e. The average molecular weight is 235 g/mol. The molecule has 86 valence electrons. The molecule has 0 spiro atoms. The van der Waals surface area contributed by atoms with Gasteiger partial charge in [-0.25, -0.2) is 8.78 Å². The van der Waals surface area contributed by atoms with Gasteiger partial charge in [0.1, 0.15) is 29.2 Å². The minimum atomic E-state index is -0.932. The van der Waals surface area contributed by atoms with E-state index < -0.39 is 17.3 Å². The summed E-state index contributed by atoms with van der Waals surface area (Å²) in [5.41, 5.74) is -0.779. The van der Waals surface area contributed by atoms with Crippen molar-refractivity contribution in [2.45, 2.75) is 0 Å². The second-order valence-corrected chi connectivity index (χ2v) is 2.86. The predicted octanol–water partition coefficient (Wildman–Crippen LogP) is 2.32. The van der Waals surface area contributed by atoms with Crippen LogP contribution in [0, 0.1) is 34.3 Å². The van der Waals surface area contributed by atoms with Crippen LogP contribution in [0.5, 0.6) is 5.75 Å². The molecule has 4 nitrogen and oxygen atoms in total. The summed E-state index contributed by atoms with van der Waals surface area (Å²) in [6, 6.07) is 5.25. The van der Waals surface area contributed by atoms with E-state index in [1.807, 2.05) is 0 Å². The number of nitrogens with zero attached hydrogens (tertiary/aromatic N) is 2. The SMILES string of the molecule is COc1ccc(F)c(NC=C(C#N)C#N)c1F. The first kappa shape index (κ1) is 12.5. The first-order valence-electron chi connectivity index (χ1n) is 4.43. The maximum absolute atomic E-state index is 13.6. The van der Waals surface area contributed by atoms with Gasteiger partial charge in [0.15, 0.2) is 11.6 Å². The molecule has 0 unspecified atom stereocenters. The van der Waals surface area contributed by atoms with Crippen LogP contribution in [0.1, 0.15) is 0 Å². The highest BCUT2D eigenvalue weighted by molar-refractivity contribution is 5.55. The van der Waals surface area contributed by atoms with Crippen LogP contribution >= 0.6 is 0 Å². The monoisotopic (exact) mass is 235 g/mol. The molecule has 0 amide bonds. The Hall–Kier alpha value is -2.60. The largest absolute Gasteiger partial charge is 0.494 e. The second-order valence-electron chi connectivity index (χ2n) is 2.86. The molecule has 0 aliphatic carbocycles. The topological polar surface area (TPSA) is 68.8 Å². The lowest BCUT2D eigenvalue weighted by molar-refractivity contribution is 0.385. The molecular weight excluding hydrogens is 228 g/mol. The Morgan fingerprint density at radius 1 is 1.35 bits per heavy atom. The number of ether oxygens (including phenoxy) is 1. The van der Waals surface area contributed by atoms with Crippen LogP contribution in [0.3, 0.4) is 0 Å². The molecule has 0 aliphatic rings. The lowest BCUT2D eigenvalue weighted by atomic mass is 10.2. The fourth-order valence-corrected chi connectivity index (χ4v) is 1.06. The molecule has 1 N–H and O–H groups in total. The molecule has 17 heavy (non-hydrogen) atoms. The molecule has 0 atom stereocenters. The Kier molecular flexibility index (Phi) is 4.02. The van der Waals surface area contributed by atoms with E-state index in [4.69, 9.17) is 10.5 Å². The van der Waals surface area contributed by atoms with Gasteiger partial charge in [-0.3, -0.25) is 0 Å². The van der Waals surface area contributed by atoms with Gasteiger partial charge >= 0.3 is 0 Å². The highest BCUT2D eigenvalue weighted by Gasteiger charge is 2.13. The highest BCUT2D eigenvalue weighted by atomic mass is 19.1. The predicted molar refractivity (Wildman–Crippen MR) is 55.8 cm³/mol. The van der Waals surface area contributed by atoms with Crippen molar-refractivity contribution in [3.63, 3.8) is 0 Å². The lowest BCUT2D eigenvalue weighted by Gasteiger charge is -2.08. The molecule has 1 aromatic rings. The number of hydrogen-bond acceptors (Lipinski definition) is 4. The Morgan fingerprint density at radius 2 is 2.00 bits per heavy atom. The standard InChI is InChI=1S/C11H7F2N3O/c1-17-9-3-2-8(12)11(10(9)13)16-6-7(4-14)5-15/h2-3,6,16H,1H3. The van der Waals surface area contributed by atoms with E-state index >= 15 is 0 Å². The summed E-state index contributed by atoms with van der Waals surface area (Å²) in [5, 5.41) is 19.1. The Labute approximate surface area is 96.3 Å². The molecule has 1 rings (SSSR count). The Balaban J connectivity index is 3.12. The summed E-state index contributed by atoms with van der Waals surface area (Å²) in [7, 11) is 1.24. The van der Waals surface area contributed by atoms with E-state index in [-0.39, 0.29) is 11.3 Å². The molecule has 0 aromatic heterocycles. The first-order chi connectivity index (χ1) is 8.13. The summed E-state index contributed by atoms with van der Waals surface area (Å²) < 4.78 is 31.5. The van der Waals surface area contributed by atoms with Gasteiger partial charge < -0.3 is 10.1 Å². The van der Waals surface area contributed by atoms with Crippen molar-refractivity contribution in [2.24, 2.45) is 0 Å². The number of allylic oxidation sites excluding steroid dienone is 1. The van der Waals surface area contributed by atoms with Crippen LogP contribution < -0.4 is 10.1 Å². The molecule has 0 saturated heterocycles. The van der Waals surface area contributed by atoms with Crippen molar-refractivity contribution >= 4 is 5.69 Å². The van der Waals surface area contributed by atoms with E-state index in [2.05, 4.69) is 10.1 Å². The third kappa shape index (κ3) is 2.70.